The Bertz CT molecular complexity index is 695. The van der Waals surface area contributed by atoms with Crippen LogP contribution in [0.2, 0.25) is 5.02 Å². The van der Waals surface area contributed by atoms with Crippen molar-refractivity contribution in [3.8, 4) is 0 Å². The third kappa shape index (κ3) is 2.66. The molecule has 0 atom stereocenters. The number of aromatic nitrogens is 2. The second-order valence-electron chi connectivity index (χ2n) is 4.05. The van der Waals surface area contributed by atoms with E-state index >= 15 is 0 Å². The molecule has 0 aromatic carbocycles. The van der Waals surface area contributed by atoms with Crippen molar-refractivity contribution in [3.63, 3.8) is 0 Å². The molecule has 6 heteroatoms. The van der Waals surface area contributed by atoms with Crippen LogP contribution in [0.3, 0.4) is 0 Å². The Kier molecular flexibility index (Phi) is 3.66. The maximum atomic E-state index is 12.1. The number of hydrogen-bond donors (Lipinski definition) is 1. The van der Waals surface area contributed by atoms with E-state index in [1.807, 2.05) is 0 Å². The number of carboxylic acid groups (broad SMARTS) is 1. The molecule has 5 nitrogen and oxygen atoms in total. The quantitative estimate of drug-likeness (QED) is 0.931. The van der Waals surface area contributed by atoms with Gasteiger partial charge in [0.2, 0.25) is 0 Å². The summed E-state index contributed by atoms with van der Waals surface area (Å²) in [5.41, 5.74) is 0.587. The van der Waals surface area contributed by atoms with Gasteiger partial charge in [-0.05, 0) is 30.7 Å². The Labute approximate surface area is 114 Å². The zero-order valence-electron chi connectivity index (χ0n) is 10.1. The molecule has 0 saturated heterocycles. The summed E-state index contributed by atoms with van der Waals surface area (Å²) in [7, 11) is 0. The van der Waals surface area contributed by atoms with Crippen LogP contribution < -0.4 is 5.56 Å². The topological polar surface area (TPSA) is 72.2 Å². The Hall–Kier alpha value is -2.14. The fourth-order valence-corrected chi connectivity index (χ4v) is 1.91. The molecule has 0 bridgehead atoms. The van der Waals surface area contributed by atoms with Crippen molar-refractivity contribution >= 4 is 17.6 Å². The van der Waals surface area contributed by atoms with Gasteiger partial charge >= 0.3 is 5.97 Å². The van der Waals surface area contributed by atoms with Crippen molar-refractivity contribution in [1.29, 1.82) is 0 Å². The first-order valence-electron chi connectivity index (χ1n) is 5.53. The van der Waals surface area contributed by atoms with E-state index in [0.717, 1.165) is 0 Å². The lowest BCUT2D eigenvalue weighted by molar-refractivity contribution is 0.0694. The Morgan fingerprint density at radius 2 is 2.16 bits per heavy atom. The molecule has 2 aromatic rings. The van der Waals surface area contributed by atoms with E-state index < -0.39 is 11.5 Å². The number of rotatable bonds is 3. The number of pyridine rings is 2. The van der Waals surface area contributed by atoms with E-state index in [1.54, 1.807) is 25.3 Å². The summed E-state index contributed by atoms with van der Waals surface area (Å²) in [6.45, 7) is 1.95. The van der Waals surface area contributed by atoms with Crippen LogP contribution in [0.15, 0.2) is 35.4 Å². The van der Waals surface area contributed by atoms with E-state index in [-0.39, 0.29) is 12.1 Å². The summed E-state index contributed by atoms with van der Waals surface area (Å²) in [6, 6.07) is 4.60. The van der Waals surface area contributed by atoms with E-state index in [2.05, 4.69) is 4.98 Å². The van der Waals surface area contributed by atoms with Gasteiger partial charge in [-0.25, -0.2) is 4.79 Å². The lowest BCUT2D eigenvalue weighted by atomic mass is 10.2. The van der Waals surface area contributed by atoms with Crippen LogP contribution in [0.1, 0.15) is 21.6 Å². The van der Waals surface area contributed by atoms with Gasteiger partial charge in [-0.2, -0.15) is 0 Å². The Morgan fingerprint density at radius 1 is 1.42 bits per heavy atom. The average Bonchev–Trinajstić information content (AvgIpc) is 2.36. The number of hydrogen-bond acceptors (Lipinski definition) is 3. The van der Waals surface area contributed by atoms with Crippen LogP contribution in [0.25, 0.3) is 0 Å². The molecule has 2 heterocycles. The molecule has 0 amide bonds. The molecule has 98 valence electrons. The number of aryl methyl sites for hydroxylation is 1. The minimum atomic E-state index is -1.24. The third-order valence-electron chi connectivity index (χ3n) is 2.81. The largest absolute Gasteiger partial charge is 0.477 e. The number of aromatic carboxylic acids is 1. The number of halogens is 1. The predicted octanol–water partition coefficient (Wildman–Crippen LogP) is 1.95. The fourth-order valence-electron chi connectivity index (χ4n) is 1.73. The van der Waals surface area contributed by atoms with Crippen LogP contribution in [-0.4, -0.2) is 20.6 Å². The van der Waals surface area contributed by atoms with Crippen molar-refractivity contribution in [1.82, 2.24) is 9.55 Å². The van der Waals surface area contributed by atoms with Gasteiger partial charge in [-0.3, -0.25) is 9.78 Å². The maximum absolute atomic E-state index is 12.1. The molecule has 2 rings (SSSR count). The van der Waals surface area contributed by atoms with E-state index in [0.29, 0.717) is 16.3 Å². The lowest BCUT2D eigenvalue weighted by Gasteiger charge is -2.11. The molecule has 19 heavy (non-hydrogen) atoms. The number of nitrogens with zero attached hydrogens (tertiary/aromatic N) is 2. The molecule has 1 N–H and O–H groups in total. The van der Waals surface area contributed by atoms with Gasteiger partial charge in [0.05, 0.1) is 11.6 Å². The third-order valence-corrected chi connectivity index (χ3v) is 3.15. The summed E-state index contributed by atoms with van der Waals surface area (Å²) in [6.07, 6.45) is 3.06. The van der Waals surface area contributed by atoms with Crippen LogP contribution in [0.4, 0.5) is 0 Å². The summed E-state index contributed by atoms with van der Waals surface area (Å²) in [5, 5.41) is 9.39. The summed E-state index contributed by atoms with van der Waals surface area (Å²) >= 11 is 5.99. The molecule has 2 aromatic heterocycles. The molecule has 0 aliphatic rings. The fraction of sp³-hybridized carbons (Fsp3) is 0.154. The normalized spacial score (nSPS) is 10.4. The highest BCUT2D eigenvalue weighted by Crippen LogP contribution is 2.15. The molecule has 0 unspecified atom stereocenters. The van der Waals surface area contributed by atoms with Gasteiger partial charge in [0.1, 0.15) is 5.56 Å². The van der Waals surface area contributed by atoms with Crippen molar-refractivity contribution < 1.29 is 9.90 Å². The van der Waals surface area contributed by atoms with Gasteiger partial charge < -0.3 is 9.67 Å². The van der Waals surface area contributed by atoms with Crippen LogP contribution in [0.5, 0.6) is 0 Å². The molecule has 0 fully saturated rings. The number of carbonyl (C=O) groups is 1. The van der Waals surface area contributed by atoms with Gasteiger partial charge in [-0.1, -0.05) is 11.6 Å². The van der Waals surface area contributed by atoms with E-state index in [1.165, 1.54) is 16.8 Å². The van der Waals surface area contributed by atoms with Gasteiger partial charge in [0, 0.05) is 18.1 Å². The van der Waals surface area contributed by atoms with E-state index in [9.17, 15) is 9.59 Å². The second-order valence-corrected chi connectivity index (χ2v) is 4.46. The molecule has 0 spiro atoms. The molecular formula is C13H11ClN2O3. The standard InChI is InChI=1S/C13H11ClN2O3/c1-8-2-3-10(13(18)19)12(17)16(8)7-9-4-5-15-6-11(9)14/h2-6H,7H2,1H3,(H,18,19). The van der Waals surface area contributed by atoms with Gasteiger partial charge in [-0.15, -0.1) is 0 Å². The maximum Gasteiger partial charge on any atom is 0.341 e. The van der Waals surface area contributed by atoms with E-state index in [4.69, 9.17) is 16.7 Å². The van der Waals surface area contributed by atoms with Gasteiger partial charge in [0.15, 0.2) is 0 Å². The molecular weight excluding hydrogens is 268 g/mol. The molecule has 0 aliphatic heterocycles. The highest BCUT2D eigenvalue weighted by molar-refractivity contribution is 6.31. The van der Waals surface area contributed by atoms with Crippen molar-refractivity contribution in [2.24, 2.45) is 0 Å². The zero-order chi connectivity index (χ0) is 14.0. The van der Waals surface area contributed by atoms with Crippen molar-refractivity contribution in [2.45, 2.75) is 13.5 Å². The minimum absolute atomic E-state index is 0.215. The summed E-state index contributed by atoms with van der Waals surface area (Å²) in [5.74, 6) is -1.24. The second kappa shape index (κ2) is 5.24. The van der Waals surface area contributed by atoms with Crippen LogP contribution >= 0.6 is 11.6 Å². The zero-order valence-corrected chi connectivity index (χ0v) is 10.9. The molecule has 0 aliphatic carbocycles. The average molecular weight is 279 g/mol. The van der Waals surface area contributed by atoms with Crippen molar-refractivity contribution in [2.75, 3.05) is 0 Å². The first-order valence-corrected chi connectivity index (χ1v) is 5.90. The van der Waals surface area contributed by atoms with Crippen LogP contribution in [0, 0.1) is 6.92 Å². The first kappa shape index (κ1) is 13.3. The van der Waals surface area contributed by atoms with Crippen LogP contribution in [-0.2, 0) is 6.54 Å². The predicted molar refractivity (Wildman–Crippen MR) is 70.7 cm³/mol. The SMILES string of the molecule is Cc1ccc(C(=O)O)c(=O)n1Cc1ccncc1Cl. The Balaban J connectivity index is 2.52. The highest BCUT2D eigenvalue weighted by Gasteiger charge is 2.13. The molecule has 0 radical (unpaired) electrons. The summed E-state index contributed by atoms with van der Waals surface area (Å²) < 4.78 is 1.38. The van der Waals surface area contributed by atoms with Gasteiger partial charge in [0.25, 0.3) is 5.56 Å². The lowest BCUT2D eigenvalue weighted by Crippen LogP contribution is -2.28. The molecule has 0 saturated carbocycles. The van der Waals surface area contributed by atoms with Crippen molar-refractivity contribution in [3.05, 3.63) is 62.8 Å². The number of carboxylic acids is 1. The first-order chi connectivity index (χ1) is 9.00. The monoisotopic (exact) mass is 278 g/mol. The Morgan fingerprint density at radius 3 is 2.79 bits per heavy atom. The smallest absolute Gasteiger partial charge is 0.341 e. The minimum Gasteiger partial charge on any atom is -0.477 e. The highest BCUT2D eigenvalue weighted by atomic mass is 35.5. The summed E-state index contributed by atoms with van der Waals surface area (Å²) in [4.78, 5) is 26.9.